The quantitative estimate of drug-likeness (QED) is 0.792. The molecule has 0 heterocycles. The molecule has 5 nitrogen and oxygen atoms in total. The van der Waals surface area contributed by atoms with E-state index in [1.165, 1.54) is 0 Å². The van der Waals surface area contributed by atoms with Crippen LogP contribution in [0.1, 0.15) is 37.3 Å². The van der Waals surface area contributed by atoms with Gasteiger partial charge in [0.15, 0.2) is 0 Å². The number of carboxylic acid groups (broad SMARTS) is 1. The van der Waals surface area contributed by atoms with Crippen LogP contribution >= 0.6 is 0 Å². The molecule has 2 rings (SSSR count). The number of hydrogen-bond acceptors (Lipinski definition) is 3. The molecule has 0 fully saturated rings. The van der Waals surface area contributed by atoms with E-state index in [4.69, 9.17) is 9.84 Å². The molecular formula is C17H21NO4. The van der Waals surface area contributed by atoms with Crippen molar-refractivity contribution in [3.8, 4) is 5.75 Å². The van der Waals surface area contributed by atoms with Crippen molar-refractivity contribution in [1.82, 2.24) is 5.32 Å². The highest BCUT2D eigenvalue weighted by Gasteiger charge is 2.24. The fourth-order valence-electron chi connectivity index (χ4n) is 2.58. The van der Waals surface area contributed by atoms with Gasteiger partial charge in [0.2, 0.25) is 5.91 Å². The molecule has 0 saturated carbocycles. The van der Waals surface area contributed by atoms with E-state index in [9.17, 15) is 9.59 Å². The first-order valence-corrected chi connectivity index (χ1v) is 7.41. The van der Waals surface area contributed by atoms with Gasteiger partial charge in [-0.05, 0) is 37.0 Å². The number of amides is 1. The third-order valence-corrected chi connectivity index (χ3v) is 3.85. The number of ether oxygens (including phenoxy) is 1. The summed E-state index contributed by atoms with van der Waals surface area (Å²) in [6.45, 7) is 0. The largest absolute Gasteiger partial charge is 0.497 e. The summed E-state index contributed by atoms with van der Waals surface area (Å²) in [5, 5.41) is 12.0. The van der Waals surface area contributed by atoms with Crippen LogP contribution in [0.15, 0.2) is 36.4 Å². The first-order valence-electron chi connectivity index (χ1n) is 7.41. The minimum Gasteiger partial charge on any atom is -0.497 e. The van der Waals surface area contributed by atoms with Gasteiger partial charge in [-0.25, -0.2) is 0 Å². The maximum absolute atomic E-state index is 12.3. The number of carbonyl (C=O) groups excluding carboxylic acids is 1. The van der Waals surface area contributed by atoms with Crippen molar-refractivity contribution in [2.45, 2.75) is 31.7 Å². The molecule has 0 radical (unpaired) electrons. The number of aliphatic carboxylic acids is 1. The molecule has 0 aliphatic heterocycles. The number of allylic oxidation sites excluding steroid dienone is 2. The van der Waals surface area contributed by atoms with Crippen molar-refractivity contribution in [2.75, 3.05) is 7.11 Å². The fourth-order valence-corrected chi connectivity index (χ4v) is 2.58. The summed E-state index contributed by atoms with van der Waals surface area (Å²) in [7, 11) is 1.57. The van der Waals surface area contributed by atoms with E-state index >= 15 is 0 Å². The standard InChI is InChI=1S/C17H21NO4/c1-22-14-9-7-12(8-10-14)15(11-16(19)20)18-17(21)13-5-3-2-4-6-13/h2-3,7-10,13,15H,4-6,11H2,1H3,(H,18,21)(H,19,20)/t13-,15-/m0/s1. The van der Waals surface area contributed by atoms with Crippen molar-refractivity contribution < 1.29 is 19.4 Å². The zero-order valence-corrected chi connectivity index (χ0v) is 12.6. The summed E-state index contributed by atoms with van der Waals surface area (Å²) in [4.78, 5) is 23.4. The van der Waals surface area contributed by atoms with Crippen molar-refractivity contribution >= 4 is 11.9 Å². The van der Waals surface area contributed by atoms with Crippen LogP contribution in [0.25, 0.3) is 0 Å². The second kappa shape index (κ2) is 7.64. The summed E-state index contributed by atoms with van der Waals surface area (Å²) in [6.07, 6.45) is 6.36. The van der Waals surface area contributed by atoms with Gasteiger partial charge in [-0.15, -0.1) is 0 Å². The molecule has 1 aliphatic rings. The molecule has 0 unspecified atom stereocenters. The number of rotatable bonds is 6. The molecule has 0 bridgehead atoms. The minimum atomic E-state index is -0.940. The van der Waals surface area contributed by atoms with Gasteiger partial charge in [0.25, 0.3) is 0 Å². The van der Waals surface area contributed by atoms with Gasteiger partial charge >= 0.3 is 5.97 Å². The van der Waals surface area contributed by atoms with Crippen LogP contribution in [-0.2, 0) is 9.59 Å². The van der Waals surface area contributed by atoms with Gasteiger partial charge in [-0.1, -0.05) is 24.3 Å². The average Bonchev–Trinajstić information content (AvgIpc) is 2.54. The fraction of sp³-hybridized carbons (Fsp3) is 0.412. The highest BCUT2D eigenvalue weighted by Crippen LogP contribution is 2.23. The number of hydrogen-bond donors (Lipinski definition) is 2. The Morgan fingerprint density at radius 1 is 1.32 bits per heavy atom. The Morgan fingerprint density at radius 2 is 2.05 bits per heavy atom. The van der Waals surface area contributed by atoms with Crippen molar-refractivity contribution in [3.05, 3.63) is 42.0 Å². The van der Waals surface area contributed by atoms with Crippen molar-refractivity contribution in [1.29, 1.82) is 0 Å². The SMILES string of the molecule is COc1ccc([C@H](CC(=O)O)NC(=O)[C@H]2CC=CCC2)cc1. The Hall–Kier alpha value is -2.30. The van der Waals surface area contributed by atoms with Gasteiger partial charge in [0.05, 0.1) is 19.6 Å². The van der Waals surface area contributed by atoms with Crippen LogP contribution in [-0.4, -0.2) is 24.1 Å². The average molecular weight is 303 g/mol. The van der Waals surface area contributed by atoms with Crippen LogP contribution in [0.4, 0.5) is 0 Å². The predicted molar refractivity (Wildman–Crippen MR) is 82.6 cm³/mol. The Kier molecular flexibility index (Phi) is 5.58. The van der Waals surface area contributed by atoms with E-state index in [-0.39, 0.29) is 18.2 Å². The van der Waals surface area contributed by atoms with Crippen LogP contribution in [0.3, 0.4) is 0 Å². The molecule has 0 aromatic heterocycles. The second-order valence-electron chi connectivity index (χ2n) is 5.41. The lowest BCUT2D eigenvalue weighted by Gasteiger charge is -2.23. The second-order valence-corrected chi connectivity index (χ2v) is 5.41. The lowest BCUT2D eigenvalue weighted by Crippen LogP contribution is -2.35. The molecule has 2 atom stereocenters. The number of carboxylic acids is 1. The maximum atomic E-state index is 12.3. The van der Waals surface area contributed by atoms with E-state index in [0.29, 0.717) is 12.2 Å². The van der Waals surface area contributed by atoms with Crippen LogP contribution in [0, 0.1) is 5.92 Å². The third-order valence-electron chi connectivity index (χ3n) is 3.85. The van der Waals surface area contributed by atoms with Gasteiger partial charge < -0.3 is 15.2 Å². The Morgan fingerprint density at radius 3 is 2.59 bits per heavy atom. The van der Waals surface area contributed by atoms with Gasteiger partial charge in [0.1, 0.15) is 5.75 Å². The first kappa shape index (κ1) is 16.1. The van der Waals surface area contributed by atoms with Gasteiger partial charge in [0, 0.05) is 5.92 Å². The number of benzene rings is 1. The molecule has 2 N–H and O–H groups in total. The molecule has 1 aliphatic carbocycles. The third kappa shape index (κ3) is 4.35. The van der Waals surface area contributed by atoms with E-state index in [1.807, 2.05) is 6.08 Å². The molecule has 0 spiro atoms. The summed E-state index contributed by atoms with van der Waals surface area (Å²) in [6, 6.07) is 6.57. The zero-order valence-electron chi connectivity index (χ0n) is 12.6. The summed E-state index contributed by atoms with van der Waals surface area (Å²) >= 11 is 0. The number of methoxy groups -OCH3 is 1. The maximum Gasteiger partial charge on any atom is 0.305 e. The Balaban J connectivity index is 2.09. The normalized spacial score (nSPS) is 18.5. The monoisotopic (exact) mass is 303 g/mol. The Bertz CT molecular complexity index is 550. The molecule has 1 aromatic rings. The van der Waals surface area contributed by atoms with E-state index in [2.05, 4.69) is 11.4 Å². The summed E-state index contributed by atoms with van der Waals surface area (Å²) in [5.41, 5.74) is 0.767. The number of carbonyl (C=O) groups is 2. The zero-order chi connectivity index (χ0) is 15.9. The molecule has 5 heteroatoms. The minimum absolute atomic E-state index is 0.0699. The summed E-state index contributed by atoms with van der Waals surface area (Å²) < 4.78 is 5.10. The number of nitrogens with one attached hydrogen (secondary N) is 1. The predicted octanol–water partition coefficient (Wildman–Crippen LogP) is 2.68. The van der Waals surface area contributed by atoms with Gasteiger partial charge in [-0.2, -0.15) is 0 Å². The highest BCUT2D eigenvalue weighted by molar-refractivity contribution is 5.80. The molecule has 1 aromatic carbocycles. The molecule has 0 saturated heterocycles. The molecule has 22 heavy (non-hydrogen) atoms. The highest BCUT2D eigenvalue weighted by atomic mass is 16.5. The van der Waals surface area contributed by atoms with E-state index < -0.39 is 12.0 Å². The first-order chi connectivity index (χ1) is 10.6. The van der Waals surface area contributed by atoms with Crippen molar-refractivity contribution in [3.63, 3.8) is 0 Å². The van der Waals surface area contributed by atoms with Gasteiger partial charge in [-0.3, -0.25) is 9.59 Å². The molecular weight excluding hydrogens is 282 g/mol. The van der Waals surface area contributed by atoms with Crippen LogP contribution < -0.4 is 10.1 Å². The van der Waals surface area contributed by atoms with Crippen LogP contribution in [0.5, 0.6) is 5.75 Å². The molecule has 118 valence electrons. The smallest absolute Gasteiger partial charge is 0.305 e. The topological polar surface area (TPSA) is 75.6 Å². The lowest BCUT2D eigenvalue weighted by atomic mass is 9.92. The van der Waals surface area contributed by atoms with Crippen LogP contribution in [0.2, 0.25) is 0 Å². The van der Waals surface area contributed by atoms with E-state index in [0.717, 1.165) is 18.4 Å². The van der Waals surface area contributed by atoms with E-state index in [1.54, 1.807) is 31.4 Å². The lowest BCUT2D eigenvalue weighted by molar-refractivity contribution is -0.138. The Labute approximate surface area is 130 Å². The van der Waals surface area contributed by atoms with Crippen molar-refractivity contribution in [2.24, 2.45) is 5.92 Å². The molecule has 1 amide bonds. The summed E-state index contributed by atoms with van der Waals surface area (Å²) in [5.74, 6) is -0.391.